The molecule has 2 heterocycles. The number of anilines is 1. The minimum Gasteiger partial charge on any atom is -0.306 e. The predicted molar refractivity (Wildman–Crippen MR) is 87.7 cm³/mol. The third-order valence-electron chi connectivity index (χ3n) is 3.91. The van der Waals surface area contributed by atoms with E-state index in [1.165, 1.54) is 12.8 Å². The summed E-state index contributed by atoms with van der Waals surface area (Å²) in [5.41, 5.74) is 2.55. The fraction of sp³-hybridized carbons (Fsp3) is 0.167. The monoisotopic (exact) mass is 304 g/mol. The van der Waals surface area contributed by atoms with E-state index in [0.29, 0.717) is 17.3 Å². The molecule has 114 valence electrons. The molecule has 2 aromatic heterocycles. The van der Waals surface area contributed by atoms with Gasteiger partial charge in [-0.3, -0.25) is 9.78 Å². The lowest BCUT2D eigenvalue weighted by molar-refractivity contribution is 0.102. The van der Waals surface area contributed by atoms with Crippen LogP contribution in [0.15, 0.2) is 60.9 Å². The smallest absolute Gasteiger partial charge is 0.256 e. The Morgan fingerprint density at radius 1 is 1.09 bits per heavy atom. The summed E-state index contributed by atoms with van der Waals surface area (Å²) in [4.78, 5) is 16.4. The second-order valence-electron chi connectivity index (χ2n) is 5.67. The summed E-state index contributed by atoms with van der Waals surface area (Å²) in [5.74, 6) is 1.06. The number of carbonyl (C=O) groups excluding carboxylic acids is 1. The van der Waals surface area contributed by atoms with Crippen LogP contribution in [0.4, 0.5) is 5.82 Å². The molecule has 1 saturated carbocycles. The molecule has 4 rings (SSSR count). The summed E-state index contributed by atoms with van der Waals surface area (Å²) < 4.78 is 1.80. The SMILES string of the molecule is O=C(Nc1cc(C2CC2)nn1-c1ccccc1)c1ccncc1. The Morgan fingerprint density at radius 2 is 1.83 bits per heavy atom. The molecule has 0 radical (unpaired) electrons. The van der Waals surface area contributed by atoms with Crippen molar-refractivity contribution in [2.75, 3.05) is 5.32 Å². The van der Waals surface area contributed by atoms with Crippen molar-refractivity contribution in [1.29, 1.82) is 0 Å². The van der Waals surface area contributed by atoms with Crippen LogP contribution in [0, 0.1) is 0 Å². The van der Waals surface area contributed by atoms with Gasteiger partial charge in [-0.05, 0) is 37.1 Å². The lowest BCUT2D eigenvalue weighted by Crippen LogP contribution is -2.15. The quantitative estimate of drug-likeness (QED) is 0.803. The number of aromatic nitrogens is 3. The summed E-state index contributed by atoms with van der Waals surface area (Å²) in [5, 5.41) is 7.64. The van der Waals surface area contributed by atoms with Gasteiger partial charge in [0.25, 0.3) is 5.91 Å². The van der Waals surface area contributed by atoms with Gasteiger partial charge in [-0.2, -0.15) is 5.10 Å². The predicted octanol–water partition coefficient (Wildman–Crippen LogP) is 3.40. The first-order chi connectivity index (χ1) is 11.3. The van der Waals surface area contributed by atoms with Crippen LogP contribution < -0.4 is 5.32 Å². The van der Waals surface area contributed by atoms with Crippen molar-refractivity contribution in [2.45, 2.75) is 18.8 Å². The zero-order chi connectivity index (χ0) is 15.6. The van der Waals surface area contributed by atoms with Crippen LogP contribution in [0.3, 0.4) is 0 Å². The number of carbonyl (C=O) groups is 1. The van der Waals surface area contributed by atoms with Crippen LogP contribution in [-0.4, -0.2) is 20.7 Å². The summed E-state index contributed by atoms with van der Waals surface area (Å²) >= 11 is 0. The standard InChI is InChI=1S/C18H16N4O/c23-18(14-8-10-19-11-9-14)20-17-12-16(13-6-7-13)21-22(17)15-4-2-1-3-5-15/h1-5,8-13H,6-7H2,(H,20,23). The van der Waals surface area contributed by atoms with E-state index in [0.717, 1.165) is 11.4 Å². The molecule has 0 saturated heterocycles. The number of benzene rings is 1. The molecule has 1 fully saturated rings. The largest absolute Gasteiger partial charge is 0.306 e. The molecular formula is C18H16N4O. The van der Waals surface area contributed by atoms with Crippen LogP contribution in [-0.2, 0) is 0 Å². The first-order valence-electron chi connectivity index (χ1n) is 7.68. The molecule has 0 bridgehead atoms. The van der Waals surface area contributed by atoms with Crippen molar-refractivity contribution in [3.05, 3.63) is 72.2 Å². The first kappa shape index (κ1) is 13.7. The van der Waals surface area contributed by atoms with Crippen molar-refractivity contribution >= 4 is 11.7 Å². The fourth-order valence-electron chi connectivity index (χ4n) is 2.52. The Hall–Kier alpha value is -2.95. The highest BCUT2D eigenvalue weighted by atomic mass is 16.1. The molecule has 0 atom stereocenters. The number of hydrogen-bond donors (Lipinski definition) is 1. The van der Waals surface area contributed by atoms with E-state index >= 15 is 0 Å². The number of nitrogens with zero attached hydrogens (tertiary/aromatic N) is 3. The van der Waals surface area contributed by atoms with E-state index in [-0.39, 0.29) is 5.91 Å². The summed E-state index contributed by atoms with van der Waals surface area (Å²) in [6.07, 6.45) is 5.56. The van der Waals surface area contributed by atoms with Crippen molar-refractivity contribution in [2.24, 2.45) is 0 Å². The Bertz CT molecular complexity index is 823. The molecular weight excluding hydrogens is 288 g/mol. The lowest BCUT2D eigenvalue weighted by atomic mass is 10.2. The number of pyridine rings is 1. The second kappa shape index (κ2) is 5.68. The summed E-state index contributed by atoms with van der Waals surface area (Å²) in [6, 6.07) is 15.2. The van der Waals surface area contributed by atoms with Crippen LogP contribution >= 0.6 is 0 Å². The maximum absolute atomic E-state index is 12.4. The number of rotatable bonds is 4. The van der Waals surface area contributed by atoms with Crippen molar-refractivity contribution in [1.82, 2.24) is 14.8 Å². The molecule has 5 heteroatoms. The topological polar surface area (TPSA) is 59.8 Å². The fourth-order valence-corrected chi connectivity index (χ4v) is 2.52. The Morgan fingerprint density at radius 3 is 2.52 bits per heavy atom. The molecule has 1 aliphatic carbocycles. The van der Waals surface area contributed by atoms with E-state index in [1.807, 2.05) is 36.4 Å². The maximum atomic E-state index is 12.4. The number of nitrogens with one attached hydrogen (secondary N) is 1. The van der Waals surface area contributed by atoms with Gasteiger partial charge in [0.2, 0.25) is 0 Å². The average Bonchev–Trinajstić information content (AvgIpc) is 3.38. The first-order valence-corrected chi connectivity index (χ1v) is 7.68. The molecule has 1 aromatic carbocycles. The summed E-state index contributed by atoms with van der Waals surface area (Å²) in [6.45, 7) is 0. The van der Waals surface area contributed by atoms with E-state index in [4.69, 9.17) is 0 Å². The highest BCUT2D eigenvalue weighted by molar-refractivity contribution is 6.03. The van der Waals surface area contributed by atoms with E-state index < -0.39 is 0 Å². The third-order valence-corrected chi connectivity index (χ3v) is 3.91. The van der Waals surface area contributed by atoms with Crippen molar-refractivity contribution in [3.8, 4) is 5.69 Å². The van der Waals surface area contributed by atoms with Crippen LogP contribution in [0.2, 0.25) is 0 Å². The van der Waals surface area contributed by atoms with Gasteiger partial charge in [0.15, 0.2) is 0 Å². The van der Waals surface area contributed by atoms with Gasteiger partial charge >= 0.3 is 0 Å². The van der Waals surface area contributed by atoms with Crippen molar-refractivity contribution < 1.29 is 4.79 Å². The summed E-state index contributed by atoms with van der Waals surface area (Å²) in [7, 11) is 0. The molecule has 23 heavy (non-hydrogen) atoms. The van der Waals surface area contributed by atoms with Gasteiger partial charge in [0.05, 0.1) is 11.4 Å². The van der Waals surface area contributed by atoms with Crippen molar-refractivity contribution in [3.63, 3.8) is 0 Å². The molecule has 3 aromatic rings. The molecule has 5 nitrogen and oxygen atoms in total. The van der Waals surface area contributed by atoms with E-state index in [2.05, 4.69) is 15.4 Å². The molecule has 0 spiro atoms. The molecule has 1 amide bonds. The van der Waals surface area contributed by atoms with E-state index in [1.54, 1.807) is 29.2 Å². The van der Waals surface area contributed by atoms with Crippen LogP contribution in [0.1, 0.15) is 34.8 Å². The van der Waals surface area contributed by atoms with Crippen LogP contribution in [0.25, 0.3) is 5.69 Å². The highest BCUT2D eigenvalue weighted by Crippen LogP contribution is 2.40. The lowest BCUT2D eigenvalue weighted by Gasteiger charge is -2.08. The zero-order valence-corrected chi connectivity index (χ0v) is 12.5. The Balaban J connectivity index is 1.68. The molecule has 0 unspecified atom stereocenters. The van der Waals surface area contributed by atoms with Gasteiger partial charge in [-0.1, -0.05) is 18.2 Å². The van der Waals surface area contributed by atoms with Gasteiger partial charge in [0.1, 0.15) is 5.82 Å². The van der Waals surface area contributed by atoms with Gasteiger partial charge < -0.3 is 5.32 Å². The second-order valence-corrected chi connectivity index (χ2v) is 5.67. The number of amides is 1. The number of para-hydroxylation sites is 1. The van der Waals surface area contributed by atoms with Crippen LogP contribution in [0.5, 0.6) is 0 Å². The third kappa shape index (κ3) is 2.85. The number of hydrogen-bond acceptors (Lipinski definition) is 3. The molecule has 1 aliphatic rings. The highest BCUT2D eigenvalue weighted by Gasteiger charge is 2.28. The minimum absolute atomic E-state index is 0.160. The minimum atomic E-state index is -0.160. The normalized spacial score (nSPS) is 13.7. The maximum Gasteiger partial charge on any atom is 0.256 e. The Kier molecular flexibility index (Phi) is 3.38. The Labute approximate surface area is 134 Å². The van der Waals surface area contributed by atoms with Gasteiger partial charge in [0, 0.05) is 29.9 Å². The zero-order valence-electron chi connectivity index (χ0n) is 12.5. The van der Waals surface area contributed by atoms with Gasteiger partial charge in [-0.25, -0.2) is 4.68 Å². The molecule has 0 aliphatic heterocycles. The van der Waals surface area contributed by atoms with E-state index in [9.17, 15) is 4.79 Å². The van der Waals surface area contributed by atoms with Gasteiger partial charge in [-0.15, -0.1) is 0 Å². The average molecular weight is 304 g/mol. The molecule has 1 N–H and O–H groups in total.